The molecule has 0 aliphatic carbocycles. The fraction of sp³-hybridized carbons (Fsp3) is 0.400. The minimum atomic E-state index is -0.380. The van der Waals surface area contributed by atoms with Crippen molar-refractivity contribution in [3.63, 3.8) is 0 Å². The van der Waals surface area contributed by atoms with Gasteiger partial charge in [-0.3, -0.25) is 9.63 Å². The van der Waals surface area contributed by atoms with E-state index in [1.54, 1.807) is 0 Å². The van der Waals surface area contributed by atoms with Crippen LogP contribution >= 0.6 is 15.9 Å². The van der Waals surface area contributed by atoms with Gasteiger partial charge in [0.25, 0.3) is 0 Å². The molecule has 0 unspecified atom stereocenters. The van der Waals surface area contributed by atoms with Gasteiger partial charge in [-0.25, -0.2) is 5.06 Å². The van der Waals surface area contributed by atoms with Crippen LogP contribution in [0, 0.1) is 10.8 Å². The van der Waals surface area contributed by atoms with Crippen LogP contribution in [-0.2, 0) is 9.63 Å². The second kappa shape index (κ2) is 4.36. The Morgan fingerprint density at radius 2 is 2.33 bits per heavy atom. The molecule has 0 aliphatic heterocycles. The van der Waals surface area contributed by atoms with Crippen LogP contribution in [0.3, 0.4) is 0 Å². The highest BCUT2D eigenvalue weighted by Crippen LogP contribution is 1.81. The summed E-state index contributed by atoms with van der Waals surface area (Å²) in [6.45, 7) is 0. The lowest BCUT2D eigenvalue weighted by Gasteiger charge is -2.07. The molecular formula is C5H6BrNO2. The van der Waals surface area contributed by atoms with E-state index < -0.39 is 0 Å². The third-order valence-corrected chi connectivity index (χ3v) is 0.912. The van der Waals surface area contributed by atoms with Crippen LogP contribution < -0.4 is 0 Å². The van der Waals surface area contributed by atoms with Gasteiger partial charge in [0.05, 0.1) is 7.11 Å². The number of halogens is 1. The molecule has 4 heteroatoms. The number of amides is 1. The SMILES string of the molecule is CON(C)C(=O)C#CBr. The average molecular weight is 192 g/mol. The second-order valence-electron chi connectivity index (χ2n) is 1.20. The summed E-state index contributed by atoms with van der Waals surface area (Å²) >= 11 is 2.78. The molecule has 0 bridgehead atoms. The van der Waals surface area contributed by atoms with E-state index in [0.29, 0.717) is 0 Å². The van der Waals surface area contributed by atoms with Gasteiger partial charge < -0.3 is 0 Å². The number of hydrogen-bond acceptors (Lipinski definition) is 2. The molecule has 0 atom stereocenters. The van der Waals surface area contributed by atoms with Crippen molar-refractivity contribution in [1.82, 2.24) is 5.06 Å². The van der Waals surface area contributed by atoms with Crippen molar-refractivity contribution >= 4 is 21.8 Å². The van der Waals surface area contributed by atoms with Crippen LogP contribution in [0.15, 0.2) is 0 Å². The van der Waals surface area contributed by atoms with E-state index in [1.165, 1.54) is 14.2 Å². The lowest BCUT2D eigenvalue weighted by atomic mass is 10.6. The van der Waals surface area contributed by atoms with Gasteiger partial charge in [0.2, 0.25) is 0 Å². The molecule has 0 radical (unpaired) electrons. The van der Waals surface area contributed by atoms with Gasteiger partial charge in [-0.05, 0) is 4.83 Å². The van der Waals surface area contributed by atoms with Crippen molar-refractivity contribution in [3.05, 3.63) is 0 Å². The van der Waals surface area contributed by atoms with Crippen LogP contribution in [0.5, 0.6) is 0 Å². The Labute approximate surface area is 62.1 Å². The average Bonchev–Trinajstić information content (AvgIpc) is 1.87. The molecule has 0 aliphatic rings. The maximum atomic E-state index is 10.6. The maximum absolute atomic E-state index is 10.6. The van der Waals surface area contributed by atoms with Crippen molar-refractivity contribution < 1.29 is 9.63 Å². The summed E-state index contributed by atoms with van der Waals surface area (Å²) in [6.07, 6.45) is 0. The molecular weight excluding hydrogens is 186 g/mol. The van der Waals surface area contributed by atoms with Gasteiger partial charge in [0.1, 0.15) is 0 Å². The molecule has 3 nitrogen and oxygen atoms in total. The quantitative estimate of drug-likeness (QED) is 0.443. The molecule has 0 N–H and O–H groups in total. The topological polar surface area (TPSA) is 29.5 Å². The molecule has 1 amide bonds. The number of nitrogens with zero attached hydrogens (tertiary/aromatic N) is 1. The first-order chi connectivity index (χ1) is 4.22. The Morgan fingerprint density at radius 3 is 2.67 bits per heavy atom. The van der Waals surface area contributed by atoms with Crippen molar-refractivity contribution in [2.24, 2.45) is 0 Å². The molecule has 0 aromatic heterocycles. The number of hydrogen-bond donors (Lipinski definition) is 0. The molecule has 0 aromatic carbocycles. The number of carbonyl (C=O) groups excluding carboxylic acids is 1. The van der Waals surface area contributed by atoms with Gasteiger partial charge in [0, 0.05) is 28.9 Å². The highest BCUT2D eigenvalue weighted by molar-refractivity contribution is 9.12. The zero-order chi connectivity index (χ0) is 7.28. The number of carbonyl (C=O) groups is 1. The van der Waals surface area contributed by atoms with E-state index in [4.69, 9.17) is 0 Å². The van der Waals surface area contributed by atoms with Gasteiger partial charge >= 0.3 is 5.91 Å². The van der Waals surface area contributed by atoms with E-state index in [9.17, 15) is 4.79 Å². The van der Waals surface area contributed by atoms with E-state index >= 15 is 0 Å². The fourth-order valence-corrected chi connectivity index (χ4v) is 0.372. The summed E-state index contributed by atoms with van der Waals surface area (Å²) < 4.78 is 0. The summed E-state index contributed by atoms with van der Waals surface area (Å²) in [6, 6.07) is 0. The summed E-state index contributed by atoms with van der Waals surface area (Å²) in [5.41, 5.74) is 0. The zero-order valence-corrected chi connectivity index (χ0v) is 6.73. The Bertz CT molecular complexity index is 158. The molecule has 0 saturated carbocycles. The lowest BCUT2D eigenvalue weighted by molar-refractivity contribution is -0.161. The highest BCUT2D eigenvalue weighted by atomic mass is 79.9. The van der Waals surface area contributed by atoms with Crippen molar-refractivity contribution in [3.8, 4) is 10.8 Å². The van der Waals surface area contributed by atoms with Crippen molar-refractivity contribution in [2.75, 3.05) is 14.2 Å². The Kier molecular flexibility index (Phi) is 4.10. The minimum absolute atomic E-state index is 0.380. The zero-order valence-electron chi connectivity index (χ0n) is 5.14. The normalized spacial score (nSPS) is 7.44. The molecule has 0 saturated heterocycles. The van der Waals surface area contributed by atoms with Crippen LogP contribution in [0.25, 0.3) is 0 Å². The lowest BCUT2D eigenvalue weighted by Crippen LogP contribution is -2.23. The van der Waals surface area contributed by atoms with Gasteiger partial charge in [-0.2, -0.15) is 0 Å². The van der Waals surface area contributed by atoms with E-state index in [-0.39, 0.29) is 5.91 Å². The van der Waals surface area contributed by atoms with Crippen molar-refractivity contribution in [1.29, 1.82) is 0 Å². The third kappa shape index (κ3) is 3.12. The summed E-state index contributed by atoms with van der Waals surface area (Å²) in [5.74, 6) is 1.84. The van der Waals surface area contributed by atoms with Crippen LogP contribution in [0.1, 0.15) is 0 Å². The van der Waals surface area contributed by atoms with Crippen LogP contribution in [0.2, 0.25) is 0 Å². The van der Waals surface area contributed by atoms with E-state index in [2.05, 4.69) is 31.5 Å². The predicted molar refractivity (Wildman–Crippen MR) is 36.5 cm³/mol. The summed E-state index contributed by atoms with van der Waals surface area (Å²) in [4.78, 5) is 17.4. The molecule has 0 aromatic rings. The van der Waals surface area contributed by atoms with Crippen LogP contribution in [0.4, 0.5) is 0 Å². The smallest absolute Gasteiger partial charge is 0.274 e. The van der Waals surface area contributed by atoms with Gasteiger partial charge in [-0.15, -0.1) is 0 Å². The van der Waals surface area contributed by atoms with E-state index in [1.807, 2.05) is 0 Å². The largest absolute Gasteiger partial charge is 0.322 e. The van der Waals surface area contributed by atoms with Crippen LogP contribution in [-0.4, -0.2) is 25.1 Å². The first-order valence-electron chi connectivity index (χ1n) is 2.15. The third-order valence-electron chi connectivity index (χ3n) is 0.714. The first kappa shape index (κ1) is 8.47. The predicted octanol–water partition coefficient (Wildman–Crippen LogP) is 0.362. The Hall–Kier alpha value is -0.530. The van der Waals surface area contributed by atoms with Crippen molar-refractivity contribution in [2.45, 2.75) is 0 Å². The summed E-state index contributed by atoms with van der Waals surface area (Å²) in [7, 11) is 2.88. The monoisotopic (exact) mass is 191 g/mol. The molecule has 0 heterocycles. The molecule has 50 valence electrons. The van der Waals surface area contributed by atoms with Gasteiger partial charge in [0.15, 0.2) is 0 Å². The Balaban J connectivity index is 3.83. The maximum Gasteiger partial charge on any atom is 0.322 e. The summed E-state index contributed by atoms with van der Waals surface area (Å²) in [5, 5.41) is 1.04. The fourth-order valence-electron chi connectivity index (χ4n) is 0.202. The Morgan fingerprint density at radius 1 is 1.78 bits per heavy atom. The standard InChI is InChI=1S/C5H6BrNO2/c1-7(9-2)5(8)3-4-6/h1-2H3. The van der Waals surface area contributed by atoms with E-state index in [0.717, 1.165) is 5.06 Å². The number of hydroxylamine groups is 2. The second-order valence-corrected chi connectivity index (χ2v) is 1.60. The minimum Gasteiger partial charge on any atom is -0.274 e. The van der Waals surface area contributed by atoms with Gasteiger partial charge in [-0.1, -0.05) is 0 Å². The number of rotatable bonds is 1. The molecule has 0 fully saturated rings. The highest BCUT2D eigenvalue weighted by Gasteiger charge is 2.00. The first-order valence-corrected chi connectivity index (χ1v) is 2.95. The molecule has 0 rings (SSSR count). The molecule has 0 spiro atoms. The molecule has 9 heavy (non-hydrogen) atoms.